The van der Waals surface area contributed by atoms with E-state index in [0.717, 1.165) is 6.07 Å². The molecule has 1 fully saturated rings. The van der Waals surface area contributed by atoms with Gasteiger partial charge in [0.25, 0.3) is 0 Å². The van der Waals surface area contributed by atoms with E-state index in [1.807, 2.05) is 32.6 Å². The van der Waals surface area contributed by atoms with Crippen LogP contribution < -0.4 is 10.6 Å². The number of aromatic nitrogens is 3. The number of rotatable bonds is 4. The lowest BCUT2D eigenvalue weighted by molar-refractivity contribution is -0.128. The number of fused-ring (bicyclic) bond motifs is 2. The fraction of sp³-hybridized carbons (Fsp3) is 0.312. The van der Waals surface area contributed by atoms with Crippen molar-refractivity contribution in [1.82, 2.24) is 19.4 Å². The highest BCUT2D eigenvalue weighted by Crippen LogP contribution is 2.50. The van der Waals surface area contributed by atoms with Crippen LogP contribution in [0.1, 0.15) is 37.9 Å². The number of amides is 1. The van der Waals surface area contributed by atoms with Crippen LogP contribution in [0.25, 0.3) is 27.7 Å². The van der Waals surface area contributed by atoms with E-state index in [0.29, 0.717) is 41.2 Å². The van der Waals surface area contributed by atoms with Crippen LogP contribution in [0.15, 0.2) is 52.8 Å². The predicted molar refractivity (Wildman–Crippen MR) is 169 cm³/mol. The van der Waals surface area contributed by atoms with Crippen molar-refractivity contribution in [2.75, 3.05) is 23.7 Å². The molecule has 1 amide bonds. The van der Waals surface area contributed by atoms with E-state index < -0.39 is 28.6 Å². The number of halogens is 3. The van der Waals surface area contributed by atoms with Crippen molar-refractivity contribution in [2.45, 2.75) is 50.6 Å². The average molecular weight is 638 g/mol. The number of carbonyl (C=O) groups excluding carboxylic acids is 1. The molecule has 44 heavy (non-hydrogen) atoms. The number of nitrogens with zero attached hydrogens (tertiary/aromatic N) is 5. The Bertz CT molecular complexity index is 1910. The second-order valence-electron chi connectivity index (χ2n) is 11.4. The lowest BCUT2D eigenvalue weighted by atomic mass is 9.99. The van der Waals surface area contributed by atoms with Gasteiger partial charge in [-0.05, 0) is 49.6 Å². The molecule has 228 valence electrons. The van der Waals surface area contributed by atoms with Gasteiger partial charge in [-0.3, -0.25) is 14.3 Å². The van der Waals surface area contributed by atoms with Gasteiger partial charge in [0.15, 0.2) is 0 Å². The summed E-state index contributed by atoms with van der Waals surface area (Å²) in [6, 6.07) is 4.85. The maximum atomic E-state index is 16.8. The molecule has 2 aliphatic heterocycles. The van der Waals surface area contributed by atoms with Crippen molar-refractivity contribution >= 4 is 46.0 Å². The highest BCUT2D eigenvalue weighted by molar-refractivity contribution is 7.99. The number of benzene rings is 2. The van der Waals surface area contributed by atoms with Gasteiger partial charge in [-0.1, -0.05) is 38.1 Å². The van der Waals surface area contributed by atoms with Gasteiger partial charge in [-0.25, -0.2) is 13.6 Å². The number of thioether (sulfide) groups is 1. The first kappa shape index (κ1) is 30.1. The SMILES string of the molecule is C=CC(=O)N1CC2CSc3c(F)c(-c4c(O)cccc4F)c(Cl)c4c3c(nc(=O)n4-c3c(C)ccnc3C(C)C)N2CC1C. The molecule has 2 atom stereocenters. The molecule has 2 aliphatic rings. The summed E-state index contributed by atoms with van der Waals surface area (Å²) in [5.74, 6) is -1.96. The molecule has 1 saturated heterocycles. The van der Waals surface area contributed by atoms with Crippen molar-refractivity contribution in [3.8, 4) is 22.6 Å². The van der Waals surface area contributed by atoms with E-state index in [2.05, 4.69) is 16.5 Å². The Morgan fingerprint density at radius 1 is 1.23 bits per heavy atom. The second-order valence-corrected chi connectivity index (χ2v) is 12.8. The van der Waals surface area contributed by atoms with Crippen LogP contribution in [-0.4, -0.2) is 61.4 Å². The Kier molecular flexibility index (Phi) is 7.65. The van der Waals surface area contributed by atoms with Crippen LogP contribution in [0.4, 0.5) is 14.6 Å². The third-order valence-corrected chi connectivity index (χ3v) is 9.90. The van der Waals surface area contributed by atoms with Crippen LogP contribution in [0.2, 0.25) is 5.02 Å². The largest absolute Gasteiger partial charge is 0.507 e. The maximum absolute atomic E-state index is 16.8. The lowest BCUT2D eigenvalue weighted by Gasteiger charge is -2.45. The Labute approximate surface area is 262 Å². The van der Waals surface area contributed by atoms with Crippen molar-refractivity contribution in [1.29, 1.82) is 0 Å². The Balaban J connectivity index is 1.77. The van der Waals surface area contributed by atoms with Gasteiger partial charge in [0.1, 0.15) is 23.2 Å². The minimum absolute atomic E-state index is 0.105. The van der Waals surface area contributed by atoms with E-state index in [-0.39, 0.29) is 50.7 Å². The molecule has 8 nitrogen and oxygen atoms in total. The van der Waals surface area contributed by atoms with Crippen LogP contribution in [-0.2, 0) is 4.79 Å². The summed E-state index contributed by atoms with van der Waals surface area (Å²) in [5, 5.41) is 10.8. The van der Waals surface area contributed by atoms with E-state index in [1.165, 1.54) is 34.5 Å². The number of pyridine rings is 1. The minimum atomic E-state index is -0.871. The molecule has 4 aromatic rings. The zero-order chi connectivity index (χ0) is 31.6. The van der Waals surface area contributed by atoms with Gasteiger partial charge in [-0.2, -0.15) is 4.98 Å². The molecule has 0 bridgehead atoms. The smallest absolute Gasteiger partial charge is 0.354 e. The number of piperazine rings is 1. The Hall–Kier alpha value is -3.96. The van der Waals surface area contributed by atoms with Crippen molar-refractivity contribution < 1.29 is 18.7 Å². The average Bonchev–Trinajstić information content (AvgIpc) is 3.13. The van der Waals surface area contributed by atoms with Crippen molar-refractivity contribution in [3.63, 3.8) is 0 Å². The standard InChI is InChI=1S/C32H30ClF2N5O3S/c1-6-21(42)38-13-18-14-44-30-24-29(25(33)23(26(30)35)22-19(34)8-7-9-20(22)41)40(28-16(4)10-11-36-27(28)15(2)3)32(43)37-31(24)39(18)12-17(38)5/h6-11,15,17-18,41H,1,12-14H2,2-5H3. The number of aromatic hydroxyl groups is 1. The molecule has 0 radical (unpaired) electrons. The van der Waals surface area contributed by atoms with Gasteiger partial charge in [0, 0.05) is 36.6 Å². The van der Waals surface area contributed by atoms with E-state index >= 15 is 8.78 Å². The third-order valence-electron chi connectivity index (χ3n) is 8.31. The summed E-state index contributed by atoms with van der Waals surface area (Å²) in [5.41, 5.74) is 0.476. The van der Waals surface area contributed by atoms with Gasteiger partial charge < -0.3 is 14.9 Å². The summed E-state index contributed by atoms with van der Waals surface area (Å²) >= 11 is 8.26. The first-order valence-electron chi connectivity index (χ1n) is 14.2. The summed E-state index contributed by atoms with van der Waals surface area (Å²) in [7, 11) is 0. The normalized spacial score (nSPS) is 18.0. The van der Waals surface area contributed by atoms with E-state index in [9.17, 15) is 14.7 Å². The van der Waals surface area contributed by atoms with Gasteiger partial charge in [0.05, 0.1) is 43.8 Å². The molecule has 2 aromatic carbocycles. The van der Waals surface area contributed by atoms with Gasteiger partial charge in [-0.15, -0.1) is 11.8 Å². The van der Waals surface area contributed by atoms with Crippen molar-refractivity contribution in [2.24, 2.45) is 0 Å². The van der Waals surface area contributed by atoms with Gasteiger partial charge in [0.2, 0.25) is 5.91 Å². The lowest BCUT2D eigenvalue weighted by Crippen LogP contribution is -2.60. The molecule has 2 aromatic heterocycles. The first-order chi connectivity index (χ1) is 21.0. The van der Waals surface area contributed by atoms with Crippen LogP contribution >= 0.6 is 23.4 Å². The molecule has 6 rings (SSSR count). The minimum Gasteiger partial charge on any atom is -0.507 e. The van der Waals surface area contributed by atoms with E-state index in [4.69, 9.17) is 11.6 Å². The number of carbonyl (C=O) groups is 1. The molecule has 1 N–H and O–H groups in total. The molecule has 0 spiro atoms. The number of phenolic OH excluding ortho intramolecular Hbond substituents is 1. The highest BCUT2D eigenvalue weighted by Gasteiger charge is 2.40. The Morgan fingerprint density at radius 3 is 2.66 bits per heavy atom. The quantitative estimate of drug-likeness (QED) is 0.266. The zero-order valence-corrected chi connectivity index (χ0v) is 26.1. The molecule has 2 unspecified atom stereocenters. The number of anilines is 1. The fourth-order valence-electron chi connectivity index (χ4n) is 6.22. The number of phenols is 1. The molecular weight excluding hydrogens is 608 g/mol. The Morgan fingerprint density at radius 2 is 1.98 bits per heavy atom. The summed E-state index contributed by atoms with van der Waals surface area (Å²) in [6.45, 7) is 11.8. The second kappa shape index (κ2) is 11.2. The van der Waals surface area contributed by atoms with Gasteiger partial charge >= 0.3 is 5.69 Å². The number of aryl methyl sites for hydroxylation is 1. The number of hydrogen-bond donors (Lipinski definition) is 1. The molecule has 0 aliphatic carbocycles. The maximum Gasteiger partial charge on any atom is 0.354 e. The molecule has 12 heteroatoms. The zero-order valence-electron chi connectivity index (χ0n) is 24.6. The monoisotopic (exact) mass is 637 g/mol. The summed E-state index contributed by atoms with van der Waals surface area (Å²) < 4.78 is 33.5. The van der Waals surface area contributed by atoms with E-state index in [1.54, 1.807) is 17.2 Å². The fourth-order valence-corrected chi connectivity index (χ4v) is 7.79. The van der Waals surface area contributed by atoms with Crippen molar-refractivity contribution in [3.05, 3.63) is 81.5 Å². The summed E-state index contributed by atoms with van der Waals surface area (Å²) in [4.78, 5) is 39.7. The molecule has 0 saturated carbocycles. The van der Waals surface area contributed by atoms with Crippen LogP contribution in [0, 0.1) is 18.6 Å². The van der Waals surface area contributed by atoms with Crippen LogP contribution in [0.3, 0.4) is 0 Å². The molecular formula is C32H30ClF2N5O3S. The highest BCUT2D eigenvalue weighted by atomic mass is 35.5. The summed E-state index contributed by atoms with van der Waals surface area (Å²) in [6.07, 6.45) is 2.91. The number of hydrogen-bond acceptors (Lipinski definition) is 7. The third kappa shape index (κ3) is 4.56. The topological polar surface area (TPSA) is 91.6 Å². The molecule has 4 heterocycles. The predicted octanol–water partition coefficient (Wildman–Crippen LogP) is 6.21. The van der Waals surface area contributed by atoms with Crippen LogP contribution in [0.5, 0.6) is 5.75 Å². The first-order valence-corrected chi connectivity index (χ1v) is 15.6.